The standard InChI is InChI=1S/C14H33NO2Si/c1-6-11-15(12-7-2)13-10-14-18(5,16-8-3)17-9-4/h6-14H2,1-5H3. The van der Waals surface area contributed by atoms with Gasteiger partial charge in [-0.3, -0.25) is 0 Å². The molecule has 0 aliphatic carbocycles. The lowest BCUT2D eigenvalue weighted by Crippen LogP contribution is -2.39. The van der Waals surface area contributed by atoms with Gasteiger partial charge in [-0.15, -0.1) is 0 Å². The minimum atomic E-state index is -1.89. The van der Waals surface area contributed by atoms with E-state index >= 15 is 0 Å². The lowest BCUT2D eigenvalue weighted by atomic mass is 10.3. The van der Waals surface area contributed by atoms with Gasteiger partial charge >= 0.3 is 8.56 Å². The summed E-state index contributed by atoms with van der Waals surface area (Å²) in [5.41, 5.74) is 0. The molecule has 0 aliphatic rings. The predicted molar refractivity (Wildman–Crippen MR) is 81.3 cm³/mol. The van der Waals surface area contributed by atoms with Crippen LogP contribution in [0.1, 0.15) is 47.0 Å². The van der Waals surface area contributed by atoms with Crippen molar-refractivity contribution in [3.63, 3.8) is 0 Å². The first kappa shape index (κ1) is 18.1. The van der Waals surface area contributed by atoms with Crippen molar-refractivity contribution in [2.45, 2.75) is 59.5 Å². The molecule has 0 radical (unpaired) electrons. The average molecular weight is 276 g/mol. The van der Waals surface area contributed by atoms with Crippen LogP contribution in [0.3, 0.4) is 0 Å². The highest BCUT2D eigenvalue weighted by molar-refractivity contribution is 6.66. The van der Waals surface area contributed by atoms with Crippen molar-refractivity contribution in [3.05, 3.63) is 0 Å². The molecule has 0 aliphatic heterocycles. The molecule has 18 heavy (non-hydrogen) atoms. The summed E-state index contributed by atoms with van der Waals surface area (Å²) in [7, 11) is -1.89. The summed E-state index contributed by atoms with van der Waals surface area (Å²) in [6.07, 6.45) is 3.68. The van der Waals surface area contributed by atoms with Crippen molar-refractivity contribution in [1.29, 1.82) is 0 Å². The molecule has 0 N–H and O–H groups in total. The largest absolute Gasteiger partial charge is 0.395 e. The molecular weight excluding hydrogens is 242 g/mol. The van der Waals surface area contributed by atoms with Crippen LogP contribution >= 0.6 is 0 Å². The van der Waals surface area contributed by atoms with Crippen LogP contribution in [0.25, 0.3) is 0 Å². The Morgan fingerprint density at radius 1 is 0.833 bits per heavy atom. The van der Waals surface area contributed by atoms with Crippen LogP contribution in [-0.2, 0) is 8.85 Å². The first-order valence-electron chi connectivity index (χ1n) is 7.62. The molecule has 0 fully saturated rings. The van der Waals surface area contributed by atoms with E-state index < -0.39 is 8.56 Å². The predicted octanol–water partition coefficient (Wildman–Crippen LogP) is 3.64. The number of nitrogens with zero attached hydrogens (tertiary/aromatic N) is 1. The third-order valence-corrected chi connectivity index (χ3v) is 6.14. The Bertz CT molecular complexity index is 179. The van der Waals surface area contributed by atoms with Crippen molar-refractivity contribution in [1.82, 2.24) is 4.90 Å². The van der Waals surface area contributed by atoms with Crippen LogP contribution in [0.2, 0.25) is 12.6 Å². The molecule has 0 bridgehead atoms. The third-order valence-electron chi connectivity index (χ3n) is 3.08. The molecule has 0 saturated heterocycles. The summed E-state index contributed by atoms with van der Waals surface area (Å²) in [4.78, 5) is 2.56. The van der Waals surface area contributed by atoms with E-state index in [0.717, 1.165) is 19.3 Å². The first-order chi connectivity index (χ1) is 8.61. The Labute approximate surface area is 115 Å². The maximum atomic E-state index is 5.87. The van der Waals surface area contributed by atoms with Gasteiger partial charge in [-0.05, 0) is 65.3 Å². The molecule has 4 heteroatoms. The van der Waals surface area contributed by atoms with Gasteiger partial charge in [0.1, 0.15) is 0 Å². The van der Waals surface area contributed by atoms with E-state index in [9.17, 15) is 0 Å². The van der Waals surface area contributed by atoms with Gasteiger partial charge in [0.15, 0.2) is 0 Å². The Balaban J connectivity index is 4.01. The van der Waals surface area contributed by atoms with Crippen LogP contribution in [-0.4, -0.2) is 46.3 Å². The third kappa shape index (κ3) is 8.24. The van der Waals surface area contributed by atoms with Crippen molar-refractivity contribution in [2.24, 2.45) is 0 Å². The van der Waals surface area contributed by atoms with Gasteiger partial charge < -0.3 is 13.8 Å². The molecular formula is C14H33NO2Si. The molecule has 0 aromatic heterocycles. The lowest BCUT2D eigenvalue weighted by molar-refractivity contribution is 0.185. The van der Waals surface area contributed by atoms with E-state index in [1.165, 1.54) is 38.9 Å². The van der Waals surface area contributed by atoms with Gasteiger partial charge in [-0.1, -0.05) is 13.8 Å². The SMILES string of the molecule is CCCN(CCC)CCC[Si](C)(OCC)OCC. The highest BCUT2D eigenvalue weighted by atomic mass is 28.4. The fourth-order valence-corrected chi connectivity index (χ4v) is 4.78. The zero-order valence-corrected chi connectivity index (χ0v) is 14.1. The lowest BCUT2D eigenvalue weighted by Gasteiger charge is -2.27. The van der Waals surface area contributed by atoms with Gasteiger partial charge in [0, 0.05) is 13.2 Å². The molecule has 0 saturated carbocycles. The zero-order chi connectivity index (χ0) is 13.9. The summed E-state index contributed by atoms with van der Waals surface area (Å²) in [5, 5.41) is 0. The van der Waals surface area contributed by atoms with Crippen LogP contribution in [0, 0.1) is 0 Å². The van der Waals surface area contributed by atoms with E-state index in [1.54, 1.807) is 0 Å². The van der Waals surface area contributed by atoms with Crippen LogP contribution in [0.5, 0.6) is 0 Å². The maximum Gasteiger partial charge on any atom is 0.334 e. The Hall–Kier alpha value is 0.0969. The second-order valence-corrected chi connectivity index (χ2v) is 8.29. The Morgan fingerprint density at radius 2 is 1.33 bits per heavy atom. The van der Waals surface area contributed by atoms with E-state index in [2.05, 4.69) is 39.1 Å². The molecule has 0 unspecified atom stereocenters. The first-order valence-corrected chi connectivity index (χ1v) is 10.1. The average Bonchev–Trinajstić information content (AvgIpc) is 2.30. The fraction of sp³-hybridized carbons (Fsp3) is 1.00. The number of hydrogen-bond donors (Lipinski definition) is 0. The van der Waals surface area contributed by atoms with Gasteiger partial charge in [-0.25, -0.2) is 0 Å². The highest BCUT2D eigenvalue weighted by Crippen LogP contribution is 2.16. The maximum absolute atomic E-state index is 5.87. The second-order valence-electron chi connectivity index (χ2n) is 4.95. The summed E-state index contributed by atoms with van der Waals surface area (Å²) in [5.74, 6) is 0. The normalized spacial score (nSPS) is 12.3. The molecule has 0 atom stereocenters. The zero-order valence-electron chi connectivity index (χ0n) is 13.1. The van der Waals surface area contributed by atoms with Crippen molar-refractivity contribution < 1.29 is 8.85 Å². The van der Waals surface area contributed by atoms with Crippen molar-refractivity contribution >= 4 is 8.56 Å². The Morgan fingerprint density at radius 3 is 1.72 bits per heavy atom. The van der Waals surface area contributed by atoms with Crippen molar-refractivity contribution in [3.8, 4) is 0 Å². The van der Waals surface area contributed by atoms with Crippen LogP contribution in [0.15, 0.2) is 0 Å². The van der Waals surface area contributed by atoms with Gasteiger partial charge in [0.25, 0.3) is 0 Å². The summed E-state index contributed by atoms with van der Waals surface area (Å²) in [6.45, 7) is 16.0. The van der Waals surface area contributed by atoms with Crippen LogP contribution in [0.4, 0.5) is 0 Å². The van der Waals surface area contributed by atoms with Gasteiger partial charge in [0.05, 0.1) is 0 Å². The van der Waals surface area contributed by atoms with E-state index in [1.807, 2.05) is 0 Å². The topological polar surface area (TPSA) is 21.7 Å². The number of hydrogen-bond acceptors (Lipinski definition) is 3. The summed E-state index contributed by atoms with van der Waals surface area (Å²) < 4.78 is 11.7. The molecule has 0 aromatic rings. The molecule has 3 nitrogen and oxygen atoms in total. The van der Waals surface area contributed by atoms with Gasteiger partial charge in [0.2, 0.25) is 0 Å². The quantitative estimate of drug-likeness (QED) is 0.508. The fourth-order valence-electron chi connectivity index (χ4n) is 2.39. The van der Waals surface area contributed by atoms with E-state index in [0.29, 0.717) is 0 Å². The summed E-state index contributed by atoms with van der Waals surface area (Å²) in [6, 6.07) is 1.11. The van der Waals surface area contributed by atoms with Crippen molar-refractivity contribution in [2.75, 3.05) is 32.8 Å². The second kappa shape index (κ2) is 11.0. The monoisotopic (exact) mass is 275 g/mol. The summed E-state index contributed by atoms with van der Waals surface area (Å²) >= 11 is 0. The molecule has 110 valence electrons. The van der Waals surface area contributed by atoms with E-state index in [4.69, 9.17) is 8.85 Å². The molecule has 0 spiro atoms. The minimum absolute atomic E-state index is 0.774. The van der Waals surface area contributed by atoms with Crippen LogP contribution < -0.4 is 0 Å². The molecule has 0 aromatic carbocycles. The Kier molecular flexibility index (Phi) is 11.0. The highest BCUT2D eigenvalue weighted by Gasteiger charge is 2.30. The van der Waals surface area contributed by atoms with E-state index in [-0.39, 0.29) is 0 Å². The molecule has 0 rings (SSSR count). The van der Waals surface area contributed by atoms with Gasteiger partial charge in [-0.2, -0.15) is 0 Å². The number of rotatable bonds is 12. The molecule has 0 amide bonds. The minimum Gasteiger partial charge on any atom is -0.395 e. The smallest absolute Gasteiger partial charge is 0.334 e. The molecule has 0 heterocycles.